The van der Waals surface area contributed by atoms with E-state index in [1.54, 1.807) is 6.07 Å². The van der Waals surface area contributed by atoms with Gasteiger partial charge in [0, 0.05) is 5.02 Å². The fourth-order valence-corrected chi connectivity index (χ4v) is 0.918. The molecule has 2 N–H and O–H groups in total. The minimum atomic E-state index is -0.711. The minimum absolute atomic E-state index is 0.103. The van der Waals surface area contributed by atoms with Crippen LogP contribution in [0.25, 0.3) is 0 Å². The number of nitrogen functional groups attached to an aromatic ring is 1. The number of nitrogens with zero attached hydrogens (tertiary/aromatic N) is 1. The van der Waals surface area contributed by atoms with Gasteiger partial charge in [0.05, 0.1) is 11.3 Å². The number of hydrogen-bond acceptors (Lipinski definition) is 2. The van der Waals surface area contributed by atoms with E-state index in [-0.39, 0.29) is 16.3 Å². The molecule has 0 heterocycles. The van der Waals surface area contributed by atoms with E-state index < -0.39 is 5.82 Å². The van der Waals surface area contributed by atoms with Crippen molar-refractivity contribution in [1.29, 1.82) is 5.26 Å². The van der Waals surface area contributed by atoms with Crippen LogP contribution < -0.4 is 5.73 Å². The van der Waals surface area contributed by atoms with Gasteiger partial charge >= 0.3 is 0 Å². The summed E-state index contributed by atoms with van der Waals surface area (Å²) in [6, 6.07) is 4.13. The topological polar surface area (TPSA) is 49.8 Å². The van der Waals surface area contributed by atoms with Crippen LogP contribution in [0.2, 0.25) is 5.02 Å². The molecule has 1 aromatic carbocycles. The number of rotatable bonds is 0. The molecule has 0 spiro atoms. The molecule has 0 amide bonds. The number of nitriles is 1. The van der Waals surface area contributed by atoms with Crippen molar-refractivity contribution in [3.8, 4) is 6.07 Å². The van der Waals surface area contributed by atoms with Gasteiger partial charge in [0.1, 0.15) is 6.07 Å². The monoisotopic (exact) mass is 170 g/mol. The number of benzene rings is 1. The summed E-state index contributed by atoms with van der Waals surface area (Å²) in [5.74, 6) is -0.711. The second-order valence-corrected chi connectivity index (χ2v) is 2.40. The van der Waals surface area contributed by atoms with Crippen LogP contribution in [0.5, 0.6) is 0 Å². The Kier molecular flexibility index (Phi) is 1.97. The Bertz CT molecular complexity index is 330. The molecule has 0 atom stereocenters. The van der Waals surface area contributed by atoms with Gasteiger partial charge in [0.2, 0.25) is 0 Å². The molecule has 0 aliphatic heterocycles. The zero-order chi connectivity index (χ0) is 8.43. The Balaban J connectivity index is 3.39. The lowest BCUT2D eigenvalue weighted by Gasteiger charge is -1.98. The fourth-order valence-electron chi connectivity index (χ4n) is 0.692. The maximum Gasteiger partial charge on any atom is 0.163 e. The molecule has 56 valence electrons. The fraction of sp³-hybridized carbons (Fsp3) is 0. The van der Waals surface area contributed by atoms with Gasteiger partial charge in [0.25, 0.3) is 0 Å². The van der Waals surface area contributed by atoms with Crippen molar-refractivity contribution in [3.05, 3.63) is 28.5 Å². The Hall–Kier alpha value is -1.27. The zero-order valence-corrected chi connectivity index (χ0v) is 6.19. The second kappa shape index (κ2) is 2.77. The van der Waals surface area contributed by atoms with Crippen molar-refractivity contribution in [2.24, 2.45) is 0 Å². The summed E-state index contributed by atoms with van der Waals surface area (Å²) in [5.41, 5.74) is 4.95. The molecule has 1 aromatic rings. The van der Waals surface area contributed by atoms with E-state index in [1.165, 1.54) is 12.1 Å². The van der Waals surface area contributed by atoms with E-state index in [1.807, 2.05) is 0 Å². The molecule has 1 rings (SSSR count). The second-order valence-electron chi connectivity index (χ2n) is 1.97. The van der Waals surface area contributed by atoms with E-state index in [2.05, 4.69) is 0 Å². The van der Waals surface area contributed by atoms with Crippen LogP contribution in [-0.2, 0) is 0 Å². The Morgan fingerprint density at radius 3 is 2.73 bits per heavy atom. The highest BCUT2D eigenvalue weighted by atomic mass is 35.5. The third-order valence-corrected chi connectivity index (χ3v) is 1.40. The minimum Gasteiger partial charge on any atom is -0.396 e. The number of halogens is 2. The number of anilines is 1. The largest absolute Gasteiger partial charge is 0.396 e. The standard InChI is InChI=1S/C7H4ClFN2/c8-5-1-4(3-10)7(9)6(11)2-5/h1-2H,11H2. The van der Waals surface area contributed by atoms with Gasteiger partial charge in [-0.05, 0) is 12.1 Å². The predicted octanol–water partition coefficient (Wildman–Crippen LogP) is 1.93. The molecule has 0 unspecified atom stereocenters. The summed E-state index contributed by atoms with van der Waals surface area (Å²) >= 11 is 5.50. The van der Waals surface area contributed by atoms with Gasteiger partial charge in [0.15, 0.2) is 5.82 Å². The number of hydrogen-bond donors (Lipinski definition) is 1. The molecule has 0 aromatic heterocycles. The summed E-state index contributed by atoms with van der Waals surface area (Å²) in [5, 5.41) is 8.63. The van der Waals surface area contributed by atoms with E-state index in [9.17, 15) is 4.39 Å². The normalized spacial score (nSPS) is 9.18. The van der Waals surface area contributed by atoms with Gasteiger partial charge in [-0.25, -0.2) is 4.39 Å². The first kappa shape index (κ1) is 7.83. The Labute approximate surface area is 68.0 Å². The maximum atomic E-state index is 12.8. The molecule has 0 fully saturated rings. The van der Waals surface area contributed by atoms with Crippen LogP contribution >= 0.6 is 11.6 Å². The van der Waals surface area contributed by atoms with Crippen LogP contribution in [0.3, 0.4) is 0 Å². The van der Waals surface area contributed by atoms with Crippen LogP contribution in [0.15, 0.2) is 12.1 Å². The van der Waals surface area contributed by atoms with Crippen molar-refractivity contribution >= 4 is 17.3 Å². The summed E-state index contributed by atoms with van der Waals surface area (Å²) in [7, 11) is 0. The summed E-state index contributed by atoms with van der Waals surface area (Å²) in [6.45, 7) is 0. The average Bonchev–Trinajstić information content (AvgIpc) is 1.96. The molecular formula is C7H4ClFN2. The van der Waals surface area contributed by atoms with E-state index >= 15 is 0 Å². The smallest absolute Gasteiger partial charge is 0.163 e. The summed E-state index contributed by atoms with van der Waals surface area (Å²) in [6.07, 6.45) is 0. The first-order valence-electron chi connectivity index (χ1n) is 2.79. The van der Waals surface area contributed by atoms with Crippen LogP contribution in [0.4, 0.5) is 10.1 Å². The lowest BCUT2D eigenvalue weighted by molar-refractivity contribution is 0.628. The molecule has 0 aliphatic carbocycles. The van der Waals surface area contributed by atoms with Crippen molar-refractivity contribution in [2.75, 3.05) is 5.73 Å². The van der Waals surface area contributed by atoms with Crippen LogP contribution in [-0.4, -0.2) is 0 Å². The molecule has 0 radical (unpaired) electrons. The van der Waals surface area contributed by atoms with Crippen molar-refractivity contribution in [1.82, 2.24) is 0 Å². The van der Waals surface area contributed by atoms with E-state index in [4.69, 9.17) is 22.6 Å². The third kappa shape index (κ3) is 1.41. The predicted molar refractivity (Wildman–Crippen MR) is 40.5 cm³/mol. The Morgan fingerprint density at radius 2 is 2.18 bits per heavy atom. The van der Waals surface area contributed by atoms with Gasteiger partial charge in [-0.1, -0.05) is 11.6 Å². The third-order valence-electron chi connectivity index (χ3n) is 1.19. The molecule has 2 nitrogen and oxygen atoms in total. The molecule has 0 saturated carbocycles. The molecule has 11 heavy (non-hydrogen) atoms. The van der Waals surface area contributed by atoms with Crippen molar-refractivity contribution in [3.63, 3.8) is 0 Å². The first-order valence-corrected chi connectivity index (χ1v) is 3.17. The number of nitrogens with two attached hydrogens (primary N) is 1. The van der Waals surface area contributed by atoms with Gasteiger partial charge in [-0.2, -0.15) is 5.26 Å². The van der Waals surface area contributed by atoms with Crippen molar-refractivity contribution in [2.45, 2.75) is 0 Å². The van der Waals surface area contributed by atoms with E-state index in [0.29, 0.717) is 0 Å². The average molecular weight is 171 g/mol. The quantitative estimate of drug-likeness (QED) is 0.605. The highest BCUT2D eigenvalue weighted by molar-refractivity contribution is 6.31. The molecule has 0 aliphatic rings. The SMILES string of the molecule is N#Cc1cc(Cl)cc(N)c1F. The van der Waals surface area contributed by atoms with Crippen LogP contribution in [0.1, 0.15) is 5.56 Å². The molecular weight excluding hydrogens is 167 g/mol. The van der Waals surface area contributed by atoms with Crippen molar-refractivity contribution < 1.29 is 4.39 Å². The molecule has 4 heteroatoms. The lowest BCUT2D eigenvalue weighted by atomic mass is 10.2. The highest BCUT2D eigenvalue weighted by Gasteiger charge is 2.06. The summed E-state index contributed by atoms with van der Waals surface area (Å²) < 4.78 is 12.8. The summed E-state index contributed by atoms with van der Waals surface area (Å²) in [4.78, 5) is 0. The lowest BCUT2D eigenvalue weighted by Crippen LogP contribution is -1.93. The van der Waals surface area contributed by atoms with Gasteiger partial charge in [-0.15, -0.1) is 0 Å². The highest BCUT2D eigenvalue weighted by Crippen LogP contribution is 2.20. The molecule has 0 bridgehead atoms. The van der Waals surface area contributed by atoms with Gasteiger partial charge in [-0.3, -0.25) is 0 Å². The van der Waals surface area contributed by atoms with Crippen LogP contribution in [0, 0.1) is 17.1 Å². The first-order chi connectivity index (χ1) is 5.15. The maximum absolute atomic E-state index is 12.8. The van der Waals surface area contributed by atoms with Gasteiger partial charge < -0.3 is 5.73 Å². The molecule has 0 saturated heterocycles. The Morgan fingerprint density at radius 1 is 1.55 bits per heavy atom. The zero-order valence-electron chi connectivity index (χ0n) is 5.44. The van der Waals surface area contributed by atoms with E-state index in [0.717, 1.165) is 0 Å².